The van der Waals surface area contributed by atoms with Crippen molar-refractivity contribution in [2.75, 3.05) is 6.54 Å². The maximum Gasteiger partial charge on any atom is 0.303 e. The Morgan fingerprint density at radius 1 is 1.12 bits per heavy atom. The molecule has 0 spiro atoms. The number of benzene rings is 1. The number of carboxylic acid groups (broad SMARTS) is 1. The fourth-order valence-corrected chi connectivity index (χ4v) is 6.07. The van der Waals surface area contributed by atoms with Crippen LogP contribution in [0.25, 0.3) is 0 Å². The first kappa shape index (κ1) is 23.7. The van der Waals surface area contributed by atoms with E-state index < -0.39 is 35.6 Å². The number of carbonyl (C=O) groups is 3. The van der Waals surface area contributed by atoms with Crippen LogP contribution in [0.1, 0.15) is 70.0 Å². The summed E-state index contributed by atoms with van der Waals surface area (Å²) in [5, 5.41) is 30.1. The summed E-state index contributed by atoms with van der Waals surface area (Å²) in [5.74, 6) is -4.32. The fourth-order valence-electron chi connectivity index (χ4n) is 6.07. The standard InChI is InChI=1S/C25H33NO7/c1-2-6-16-13-18-22(24(31)26(23(18)30)12-5-3-4-7-21(28)29)19-14-20(33-25(16,19)32)15-8-10-17(27)11-9-15/h8-11,16,18-20,22,27,32H,2-7,12-14H2,1H3,(H,28,29)/t16-,18-,19-,20-,22-,25+/m0/s1. The first-order valence-corrected chi connectivity index (χ1v) is 12.0. The van der Waals surface area contributed by atoms with Crippen LogP contribution < -0.4 is 0 Å². The summed E-state index contributed by atoms with van der Waals surface area (Å²) in [6, 6.07) is 6.68. The van der Waals surface area contributed by atoms with Crippen molar-refractivity contribution < 1.29 is 34.4 Å². The van der Waals surface area contributed by atoms with Gasteiger partial charge in [0.1, 0.15) is 5.75 Å². The largest absolute Gasteiger partial charge is 0.508 e. The minimum absolute atomic E-state index is 0.0803. The Hall–Kier alpha value is -2.45. The second-order valence-corrected chi connectivity index (χ2v) is 9.68. The molecule has 3 fully saturated rings. The molecule has 8 nitrogen and oxygen atoms in total. The molecule has 2 saturated heterocycles. The van der Waals surface area contributed by atoms with Crippen LogP contribution in [0.3, 0.4) is 0 Å². The zero-order valence-electron chi connectivity index (χ0n) is 19.0. The Labute approximate surface area is 193 Å². The number of nitrogens with zero attached hydrogens (tertiary/aromatic N) is 1. The summed E-state index contributed by atoms with van der Waals surface area (Å²) in [6.45, 7) is 2.32. The fraction of sp³-hybridized carbons (Fsp3) is 0.640. The lowest BCUT2D eigenvalue weighted by molar-refractivity contribution is -0.270. The average Bonchev–Trinajstić information content (AvgIpc) is 3.24. The van der Waals surface area contributed by atoms with E-state index in [0.29, 0.717) is 38.5 Å². The van der Waals surface area contributed by atoms with Gasteiger partial charge in [0.15, 0.2) is 5.79 Å². The zero-order valence-corrected chi connectivity index (χ0v) is 19.0. The van der Waals surface area contributed by atoms with Gasteiger partial charge in [-0.2, -0.15) is 0 Å². The Bertz CT molecular complexity index is 901. The van der Waals surface area contributed by atoms with Crippen LogP contribution in [0.15, 0.2) is 24.3 Å². The number of carboxylic acids is 1. The predicted molar refractivity (Wildman–Crippen MR) is 118 cm³/mol. The van der Waals surface area contributed by atoms with Crippen molar-refractivity contribution in [2.45, 2.75) is 70.2 Å². The highest BCUT2D eigenvalue weighted by Crippen LogP contribution is 2.59. The quantitative estimate of drug-likeness (QED) is 0.382. The van der Waals surface area contributed by atoms with Gasteiger partial charge >= 0.3 is 5.97 Å². The van der Waals surface area contributed by atoms with Crippen molar-refractivity contribution in [3.8, 4) is 5.75 Å². The van der Waals surface area contributed by atoms with Crippen LogP contribution in [0.4, 0.5) is 0 Å². The lowest BCUT2D eigenvalue weighted by Gasteiger charge is -2.44. The van der Waals surface area contributed by atoms with Crippen LogP contribution in [0.5, 0.6) is 5.75 Å². The highest BCUT2D eigenvalue weighted by molar-refractivity contribution is 6.05. The molecule has 180 valence electrons. The Balaban J connectivity index is 1.53. The molecule has 4 rings (SSSR count). The third-order valence-corrected chi connectivity index (χ3v) is 7.63. The van der Waals surface area contributed by atoms with Crippen molar-refractivity contribution >= 4 is 17.8 Å². The van der Waals surface area contributed by atoms with Crippen LogP contribution >= 0.6 is 0 Å². The molecular formula is C25H33NO7. The minimum Gasteiger partial charge on any atom is -0.508 e. The third-order valence-electron chi connectivity index (χ3n) is 7.63. The number of hydrogen-bond donors (Lipinski definition) is 3. The zero-order chi connectivity index (χ0) is 23.8. The van der Waals surface area contributed by atoms with Gasteiger partial charge in [-0.15, -0.1) is 0 Å². The van der Waals surface area contributed by atoms with Crippen LogP contribution in [-0.2, 0) is 19.1 Å². The maximum absolute atomic E-state index is 13.4. The van der Waals surface area contributed by atoms with Crippen molar-refractivity contribution in [2.24, 2.45) is 23.7 Å². The summed E-state index contributed by atoms with van der Waals surface area (Å²) in [4.78, 5) is 38.6. The van der Waals surface area contributed by atoms with E-state index in [1.54, 1.807) is 24.3 Å². The van der Waals surface area contributed by atoms with Gasteiger partial charge in [-0.25, -0.2) is 0 Å². The Morgan fingerprint density at radius 3 is 2.52 bits per heavy atom. The molecule has 2 heterocycles. The smallest absolute Gasteiger partial charge is 0.303 e. The first-order chi connectivity index (χ1) is 15.8. The number of carbonyl (C=O) groups excluding carboxylic acids is 2. The van der Waals surface area contributed by atoms with E-state index in [1.165, 1.54) is 4.90 Å². The molecule has 0 bridgehead atoms. The molecule has 3 N–H and O–H groups in total. The number of rotatable bonds is 9. The van der Waals surface area contributed by atoms with E-state index in [1.807, 2.05) is 6.92 Å². The van der Waals surface area contributed by atoms with E-state index in [0.717, 1.165) is 12.0 Å². The van der Waals surface area contributed by atoms with Crippen LogP contribution in [-0.4, -0.2) is 50.3 Å². The van der Waals surface area contributed by atoms with Crippen molar-refractivity contribution in [3.63, 3.8) is 0 Å². The number of aliphatic hydroxyl groups is 1. The normalized spacial score (nSPS) is 33.3. The molecule has 1 aromatic carbocycles. The van der Waals surface area contributed by atoms with E-state index >= 15 is 0 Å². The number of aromatic hydroxyl groups is 1. The molecule has 1 aromatic rings. The number of amides is 2. The molecule has 2 amide bonds. The average molecular weight is 460 g/mol. The van der Waals surface area contributed by atoms with Crippen LogP contribution in [0, 0.1) is 23.7 Å². The van der Waals surface area contributed by atoms with E-state index in [4.69, 9.17) is 9.84 Å². The Morgan fingerprint density at radius 2 is 1.85 bits per heavy atom. The molecule has 0 unspecified atom stereocenters. The number of likely N-dealkylation sites (tertiary alicyclic amines) is 1. The number of aliphatic carboxylic acids is 1. The highest BCUT2D eigenvalue weighted by atomic mass is 16.6. The highest BCUT2D eigenvalue weighted by Gasteiger charge is 2.66. The van der Waals surface area contributed by atoms with E-state index in [9.17, 15) is 24.6 Å². The number of imide groups is 1. The minimum atomic E-state index is -1.47. The van der Waals surface area contributed by atoms with Crippen LogP contribution in [0.2, 0.25) is 0 Å². The summed E-state index contributed by atoms with van der Waals surface area (Å²) >= 11 is 0. The van der Waals surface area contributed by atoms with Crippen molar-refractivity contribution in [3.05, 3.63) is 29.8 Å². The van der Waals surface area contributed by atoms with Gasteiger partial charge in [0.2, 0.25) is 11.8 Å². The number of phenols is 1. The molecule has 0 radical (unpaired) electrons. The summed E-state index contributed by atoms with van der Waals surface area (Å²) in [7, 11) is 0. The SMILES string of the molecule is CCC[C@H]1C[C@@H]2C(=O)N(CCCCCC(=O)O)C(=O)[C@@H]2[C@@H]2C[C@@H](c3ccc(O)cc3)O[C@]12O. The Kier molecular flexibility index (Phi) is 6.77. The number of fused-ring (bicyclic) bond motifs is 3. The maximum atomic E-state index is 13.4. The summed E-state index contributed by atoms with van der Waals surface area (Å²) in [6.07, 6.45) is 3.79. The van der Waals surface area contributed by atoms with Crippen molar-refractivity contribution in [1.29, 1.82) is 0 Å². The lowest BCUT2D eigenvalue weighted by Crippen LogP contribution is -2.53. The number of phenolic OH excluding ortho intramolecular Hbond substituents is 1. The van der Waals surface area contributed by atoms with Gasteiger partial charge < -0.3 is 20.1 Å². The van der Waals surface area contributed by atoms with Gasteiger partial charge in [-0.1, -0.05) is 31.9 Å². The second kappa shape index (κ2) is 9.43. The van der Waals surface area contributed by atoms with Gasteiger partial charge in [-0.05, 0) is 49.8 Å². The monoisotopic (exact) mass is 459 g/mol. The number of unbranched alkanes of at least 4 members (excludes halogenated alkanes) is 2. The molecule has 0 aromatic heterocycles. The molecule has 1 aliphatic carbocycles. The lowest BCUT2D eigenvalue weighted by atomic mass is 9.63. The molecular weight excluding hydrogens is 426 g/mol. The topological polar surface area (TPSA) is 124 Å². The molecule has 1 saturated carbocycles. The first-order valence-electron chi connectivity index (χ1n) is 12.0. The van der Waals surface area contributed by atoms with Gasteiger partial charge in [0.05, 0.1) is 17.9 Å². The molecule has 8 heteroatoms. The summed E-state index contributed by atoms with van der Waals surface area (Å²) in [5.41, 5.74) is 0.828. The number of hydrogen-bond acceptors (Lipinski definition) is 6. The van der Waals surface area contributed by atoms with Gasteiger partial charge in [-0.3, -0.25) is 19.3 Å². The molecule has 6 atom stereocenters. The molecule has 2 aliphatic heterocycles. The molecule has 3 aliphatic rings. The third kappa shape index (κ3) is 4.38. The summed E-state index contributed by atoms with van der Waals surface area (Å²) < 4.78 is 6.24. The van der Waals surface area contributed by atoms with Crippen molar-refractivity contribution in [1.82, 2.24) is 4.90 Å². The van der Waals surface area contributed by atoms with E-state index in [2.05, 4.69) is 0 Å². The van der Waals surface area contributed by atoms with E-state index in [-0.39, 0.29) is 36.4 Å². The predicted octanol–water partition coefficient (Wildman–Crippen LogP) is 3.22. The van der Waals surface area contributed by atoms with Gasteiger partial charge in [0, 0.05) is 24.8 Å². The van der Waals surface area contributed by atoms with Gasteiger partial charge in [0.25, 0.3) is 0 Å². The molecule has 33 heavy (non-hydrogen) atoms. The second-order valence-electron chi connectivity index (χ2n) is 9.68. The number of ether oxygens (including phenoxy) is 1.